The third-order valence-corrected chi connectivity index (χ3v) is 1.94. The van der Waals surface area contributed by atoms with E-state index in [1.165, 1.54) is 0 Å². The van der Waals surface area contributed by atoms with E-state index < -0.39 is 34.4 Å². The largest absolute Gasteiger partial charge is 0.505 e. The van der Waals surface area contributed by atoms with Gasteiger partial charge in [0.15, 0.2) is 11.4 Å². The molecule has 0 amide bonds. The van der Waals surface area contributed by atoms with Gasteiger partial charge in [0.05, 0.1) is 17.7 Å². The molecule has 0 aliphatic carbocycles. The number of esters is 1. The van der Waals surface area contributed by atoms with Gasteiger partial charge in [0.25, 0.3) is 6.43 Å². The molecule has 0 aromatic carbocycles. The van der Waals surface area contributed by atoms with Crippen LogP contribution in [0.3, 0.4) is 0 Å². The molecule has 4 nitrogen and oxygen atoms in total. The molecule has 0 saturated carbocycles. The lowest BCUT2D eigenvalue weighted by Crippen LogP contribution is -2.06. The van der Waals surface area contributed by atoms with Crippen LogP contribution in [0.1, 0.15) is 22.5 Å². The summed E-state index contributed by atoms with van der Waals surface area (Å²) in [6.07, 6.45) is -2.14. The number of alkyl halides is 2. The maximum atomic E-state index is 12.4. The lowest BCUT2D eigenvalue weighted by Gasteiger charge is -2.08. The Labute approximate surface area is 88.4 Å². The highest BCUT2D eigenvalue weighted by Crippen LogP contribution is 2.35. The molecule has 1 rings (SSSR count). The number of aromatic hydroxyl groups is 1. The Hall–Kier alpha value is -1.43. The number of hydrogen-bond donors (Lipinski definition) is 1. The molecule has 0 aliphatic heterocycles. The van der Waals surface area contributed by atoms with Crippen molar-refractivity contribution in [2.45, 2.75) is 6.43 Å². The van der Waals surface area contributed by atoms with Crippen molar-refractivity contribution in [3.8, 4) is 5.75 Å². The summed E-state index contributed by atoms with van der Waals surface area (Å²) in [5, 5.41) is 8.91. The lowest BCUT2D eigenvalue weighted by atomic mass is 10.2. The first-order valence-electron chi connectivity index (χ1n) is 3.72. The maximum Gasteiger partial charge on any atom is 0.360 e. The highest BCUT2D eigenvalue weighted by Gasteiger charge is 2.24. The van der Waals surface area contributed by atoms with Crippen LogP contribution in [0.5, 0.6) is 5.75 Å². The monoisotopic (exact) mass is 237 g/mol. The molecule has 0 radical (unpaired) electrons. The standard InChI is InChI=1S/C8H6ClF2NO3/c1-15-8(14)5-6(13)4(7(10)11)3(9)2-12-5/h2,7,13H,1H3. The quantitative estimate of drug-likeness (QED) is 0.801. The molecule has 15 heavy (non-hydrogen) atoms. The summed E-state index contributed by atoms with van der Waals surface area (Å²) < 4.78 is 29.1. The van der Waals surface area contributed by atoms with Gasteiger partial charge in [-0.25, -0.2) is 18.6 Å². The van der Waals surface area contributed by atoms with Gasteiger partial charge in [-0.3, -0.25) is 0 Å². The molecule has 1 N–H and O–H groups in total. The minimum atomic E-state index is -3.00. The maximum absolute atomic E-state index is 12.4. The Morgan fingerprint density at radius 1 is 1.67 bits per heavy atom. The highest BCUT2D eigenvalue weighted by molar-refractivity contribution is 6.31. The molecule has 0 atom stereocenters. The highest BCUT2D eigenvalue weighted by atomic mass is 35.5. The molecule has 82 valence electrons. The molecule has 1 heterocycles. The fourth-order valence-electron chi connectivity index (χ4n) is 0.946. The minimum Gasteiger partial charge on any atom is -0.505 e. The Bertz CT molecular complexity index is 398. The van der Waals surface area contributed by atoms with Crippen molar-refractivity contribution in [3.05, 3.63) is 22.5 Å². The molecule has 7 heteroatoms. The van der Waals surface area contributed by atoms with Crippen LogP contribution < -0.4 is 0 Å². The van der Waals surface area contributed by atoms with Gasteiger partial charge in [0.1, 0.15) is 0 Å². The zero-order chi connectivity index (χ0) is 11.6. The first kappa shape index (κ1) is 11.6. The Kier molecular flexibility index (Phi) is 3.41. The molecular weight excluding hydrogens is 232 g/mol. The van der Waals surface area contributed by atoms with E-state index >= 15 is 0 Å². The van der Waals surface area contributed by atoms with Gasteiger partial charge in [-0.05, 0) is 0 Å². The van der Waals surface area contributed by atoms with Crippen LogP contribution in [0.15, 0.2) is 6.20 Å². The normalized spacial score (nSPS) is 10.5. The average Bonchev–Trinajstić information content (AvgIpc) is 2.16. The summed E-state index contributed by atoms with van der Waals surface area (Å²) in [4.78, 5) is 14.4. The number of ether oxygens (including phenoxy) is 1. The summed E-state index contributed by atoms with van der Waals surface area (Å²) in [5.74, 6) is -1.96. The molecule has 1 aromatic rings. The van der Waals surface area contributed by atoms with E-state index in [2.05, 4.69) is 9.72 Å². The molecule has 0 spiro atoms. The van der Waals surface area contributed by atoms with Crippen LogP contribution in [0.4, 0.5) is 8.78 Å². The van der Waals surface area contributed by atoms with Crippen molar-refractivity contribution in [1.82, 2.24) is 4.98 Å². The van der Waals surface area contributed by atoms with Crippen molar-refractivity contribution in [2.75, 3.05) is 7.11 Å². The first-order valence-corrected chi connectivity index (χ1v) is 4.10. The zero-order valence-electron chi connectivity index (χ0n) is 7.50. The van der Waals surface area contributed by atoms with Gasteiger partial charge in [-0.1, -0.05) is 11.6 Å². The van der Waals surface area contributed by atoms with Crippen LogP contribution >= 0.6 is 11.6 Å². The SMILES string of the molecule is COC(=O)c1ncc(Cl)c(C(F)F)c1O. The van der Waals surface area contributed by atoms with Gasteiger partial charge >= 0.3 is 5.97 Å². The second-order valence-electron chi connectivity index (χ2n) is 2.51. The molecular formula is C8H6ClF2NO3. The smallest absolute Gasteiger partial charge is 0.360 e. The lowest BCUT2D eigenvalue weighted by molar-refractivity contribution is 0.0589. The van der Waals surface area contributed by atoms with Crippen molar-refractivity contribution in [3.63, 3.8) is 0 Å². The first-order chi connectivity index (χ1) is 6.99. The van der Waals surface area contributed by atoms with E-state index in [-0.39, 0.29) is 0 Å². The van der Waals surface area contributed by atoms with Gasteiger partial charge in [-0.2, -0.15) is 0 Å². The number of rotatable bonds is 2. The van der Waals surface area contributed by atoms with Gasteiger partial charge in [0.2, 0.25) is 0 Å². The number of hydrogen-bond acceptors (Lipinski definition) is 4. The zero-order valence-corrected chi connectivity index (χ0v) is 8.26. The fourth-order valence-corrected chi connectivity index (χ4v) is 1.17. The second kappa shape index (κ2) is 4.39. The van der Waals surface area contributed by atoms with E-state index in [4.69, 9.17) is 11.6 Å². The second-order valence-corrected chi connectivity index (χ2v) is 2.92. The fraction of sp³-hybridized carbons (Fsp3) is 0.250. The van der Waals surface area contributed by atoms with Crippen LogP contribution in [0, 0.1) is 0 Å². The Balaban J connectivity index is 3.35. The number of aromatic nitrogens is 1. The van der Waals surface area contributed by atoms with Gasteiger partial charge < -0.3 is 9.84 Å². The molecule has 0 fully saturated rings. The number of halogens is 3. The number of pyridine rings is 1. The number of carbonyl (C=O) groups is 1. The van der Waals surface area contributed by atoms with Crippen molar-refractivity contribution < 1.29 is 23.4 Å². The van der Waals surface area contributed by atoms with Crippen LogP contribution in [0.25, 0.3) is 0 Å². The third-order valence-electron chi connectivity index (χ3n) is 1.64. The Morgan fingerprint density at radius 2 is 2.27 bits per heavy atom. The molecule has 1 aromatic heterocycles. The summed E-state index contributed by atoms with van der Waals surface area (Å²) in [6, 6.07) is 0. The molecule has 0 bridgehead atoms. The summed E-state index contributed by atoms with van der Waals surface area (Å²) >= 11 is 5.39. The minimum absolute atomic E-state index is 0.407. The summed E-state index contributed by atoms with van der Waals surface area (Å²) in [7, 11) is 1.04. The van der Waals surface area contributed by atoms with E-state index in [0.29, 0.717) is 0 Å². The third kappa shape index (κ3) is 2.15. The number of carbonyl (C=O) groups excluding carboxylic acids is 1. The number of nitrogens with zero attached hydrogens (tertiary/aromatic N) is 1. The van der Waals surface area contributed by atoms with Crippen LogP contribution in [0.2, 0.25) is 5.02 Å². The summed E-state index contributed by atoms with van der Waals surface area (Å²) in [6.45, 7) is 0. The Morgan fingerprint density at radius 3 is 2.73 bits per heavy atom. The van der Waals surface area contributed by atoms with Crippen LogP contribution in [-0.2, 0) is 4.74 Å². The predicted molar refractivity (Wildman–Crippen MR) is 47.2 cm³/mol. The predicted octanol–water partition coefficient (Wildman–Crippen LogP) is 2.16. The summed E-state index contributed by atoms with van der Waals surface area (Å²) in [5.41, 5.74) is -1.41. The van der Waals surface area contributed by atoms with E-state index in [0.717, 1.165) is 13.3 Å². The number of methoxy groups -OCH3 is 1. The van der Waals surface area contributed by atoms with E-state index in [1.807, 2.05) is 0 Å². The molecule has 0 aliphatic rings. The topological polar surface area (TPSA) is 59.4 Å². The van der Waals surface area contributed by atoms with Crippen molar-refractivity contribution in [1.29, 1.82) is 0 Å². The molecule has 0 unspecified atom stereocenters. The van der Waals surface area contributed by atoms with E-state index in [1.54, 1.807) is 0 Å². The van der Waals surface area contributed by atoms with Crippen molar-refractivity contribution in [2.24, 2.45) is 0 Å². The van der Waals surface area contributed by atoms with Crippen LogP contribution in [-0.4, -0.2) is 23.2 Å². The van der Waals surface area contributed by atoms with Gasteiger partial charge in [0, 0.05) is 6.20 Å². The van der Waals surface area contributed by atoms with Gasteiger partial charge in [-0.15, -0.1) is 0 Å². The van der Waals surface area contributed by atoms with Crippen molar-refractivity contribution >= 4 is 17.6 Å². The average molecular weight is 238 g/mol. The van der Waals surface area contributed by atoms with E-state index in [9.17, 15) is 18.7 Å². The molecule has 0 saturated heterocycles.